The van der Waals surface area contributed by atoms with E-state index in [0.29, 0.717) is 0 Å². The summed E-state index contributed by atoms with van der Waals surface area (Å²) in [6.07, 6.45) is 0.380. The summed E-state index contributed by atoms with van der Waals surface area (Å²) in [6, 6.07) is 5.91. The van der Waals surface area contributed by atoms with Crippen molar-refractivity contribution < 1.29 is 10.2 Å². The van der Waals surface area contributed by atoms with Gasteiger partial charge in [0.15, 0.2) is 0 Å². The normalized spacial score (nSPS) is 25.6. The third kappa shape index (κ3) is 1.37. The fraction of sp³-hybridized carbons (Fsp3) is 0.333. The molecule has 2 rings (SSSR count). The third-order valence-corrected chi connectivity index (χ3v) is 2.71. The van der Waals surface area contributed by atoms with Crippen LogP contribution in [0.2, 0.25) is 0 Å². The Kier molecular flexibility index (Phi) is 2.17. The average Bonchev–Trinajstić information content (AvgIpc) is 2.16. The van der Waals surface area contributed by atoms with E-state index in [-0.39, 0.29) is 0 Å². The number of fused-ring (bicyclic) bond motifs is 1. The first-order chi connectivity index (χ1) is 6.59. The quantitative estimate of drug-likeness (QED) is 0.655. The molecule has 0 bridgehead atoms. The Morgan fingerprint density at radius 2 is 1.79 bits per heavy atom. The van der Waals surface area contributed by atoms with Crippen molar-refractivity contribution in [3.63, 3.8) is 0 Å². The predicted molar refractivity (Wildman–Crippen MR) is 55.8 cm³/mol. The van der Waals surface area contributed by atoms with Gasteiger partial charge in [-0.15, -0.1) is 0 Å². The van der Waals surface area contributed by atoms with E-state index in [2.05, 4.69) is 0 Å². The van der Waals surface area contributed by atoms with E-state index in [9.17, 15) is 10.2 Å². The zero-order chi connectivity index (χ0) is 10.3. The first-order valence-electron chi connectivity index (χ1n) is 4.74. The van der Waals surface area contributed by atoms with Crippen LogP contribution in [0.4, 0.5) is 0 Å². The first-order valence-corrected chi connectivity index (χ1v) is 4.74. The molecule has 2 atom stereocenters. The molecule has 0 spiro atoms. The molecule has 1 aliphatic rings. The fourth-order valence-electron chi connectivity index (χ4n) is 1.83. The summed E-state index contributed by atoms with van der Waals surface area (Å²) >= 11 is 0. The fourth-order valence-corrected chi connectivity index (χ4v) is 1.83. The number of hydrogen-bond donors (Lipinski definition) is 2. The van der Waals surface area contributed by atoms with Crippen LogP contribution in [0.15, 0.2) is 23.8 Å². The van der Waals surface area contributed by atoms with Crippen molar-refractivity contribution in [2.75, 3.05) is 0 Å². The molecular formula is C12H14O2. The molecule has 2 N–H and O–H groups in total. The third-order valence-electron chi connectivity index (χ3n) is 2.71. The average molecular weight is 190 g/mol. The highest BCUT2D eigenvalue weighted by atomic mass is 16.3. The summed E-state index contributed by atoms with van der Waals surface area (Å²) in [4.78, 5) is 0. The van der Waals surface area contributed by atoms with E-state index in [4.69, 9.17) is 0 Å². The lowest BCUT2D eigenvalue weighted by Gasteiger charge is -2.25. The Hall–Kier alpha value is -1.12. The highest BCUT2D eigenvalue weighted by molar-refractivity contribution is 5.62. The second kappa shape index (κ2) is 3.23. The molecule has 0 radical (unpaired) electrons. The van der Waals surface area contributed by atoms with Crippen LogP contribution in [0.1, 0.15) is 29.7 Å². The van der Waals surface area contributed by atoms with Gasteiger partial charge < -0.3 is 10.2 Å². The van der Waals surface area contributed by atoms with Gasteiger partial charge in [-0.1, -0.05) is 29.8 Å². The first kappa shape index (κ1) is 9.44. The van der Waals surface area contributed by atoms with Crippen molar-refractivity contribution in [3.8, 4) is 0 Å². The van der Waals surface area contributed by atoms with Gasteiger partial charge in [0.1, 0.15) is 12.2 Å². The van der Waals surface area contributed by atoms with E-state index >= 15 is 0 Å². The molecule has 2 nitrogen and oxygen atoms in total. The van der Waals surface area contributed by atoms with Gasteiger partial charge in [-0.25, -0.2) is 0 Å². The van der Waals surface area contributed by atoms with E-state index in [0.717, 1.165) is 22.3 Å². The van der Waals surface area contributed by atoms with Crippen LogP contribution in [0.5, 0.6) is 0 Å². The number of aliphatic hydroxyl groups excluding tert-OH is 2. The Labute approximate surface area is 83.5 Å². The number of benzene rings is 1. The lowest BCUT2D eigenvalue weighted by atomic mass is 9.87. The molecule has 0 amide bonds. The van der Waals surface area contributed by atoms with E-state index in [1.165, 1.54) is 0 Å². The number of rotatable bonds is 0. The summed E-state index contributed by atoms with van der Waals surface area (Å²) in [6.45, 7) is 3.81. The molecule has 0 aromatic heterocycles. The number of aliphatic hydroxyl groups is 2. The van der Waals surface area contributed by atoms with Gasteiger partial charge in [-0.2, -0.15) is 0 Å². The topological polar surface area (TPSA) is 40.5 Å². The van der Waals surface area contributed by atoms with Crippen LogP contribution < -0.4 is 0 Å². The number of hydrogen-bond acceptors (Lipinski definition) is 2. The minimum absolute atomic E-state index is 0.760. The minimum Gasteiger partial charge on any atom is -0.386 e. The molecule has 1 aromatic carbocycles. The molecule has 0 saturated carbocycles. The maximum atomic E-state index is 9.83. The summed E-state index contributed by atoms with van der Waals surface area (Å²) < 4.78 is 0. The SMILES string of the molecule is CC1=Cc2ccc(C)cc2[C@@H](O)[C@H]1O. The van der Waals surface area contributed by atoms with Crippen molar-refractivity contribution in [2.24, 2.45) is 0 Å². The summed E-state index contributed by atoms with van der Waals surface area (Å²) in [5.74, 6) is 0. The molecule has 0 unspecified atom stereocenters. The lowest BCUT2D eigenvalue weighted by molar-refractivity contribution is 0.0399. The second-order valence-corrected chi connectivity index (χ2v) is 3.91. The largest absolute Gasteiger partial charge is 0.386 e. The summed E-state index contributed by atoms with van der Waals surface area (Å²) in [5.41, 5.74) is 3.74. The Morgan fingerprint density at radius 3 is 2.50 bits per heavy atom. The highest BCUT2D eigenvalue weighted by Gasteiger charge is 2.25. The van der Waals surface area contributed by atoms with Crippen LogP contribution in [-0.4, -0.2) is 16.3 Å². The van der Waals surface area contributed by atoms with Crippen molar-refractivity contribution in [2.45, 2.75) is 26.1 Å². The monoisotopic (exact) mass is 190 g/mol. The van der Waals surface area contributed by atoms with E-state index in [1.54, 1.807) is 0 Å². The molecule has 0 aliphatic heterocycles. The van der Waals surface area contributed by atoms with Gasteiger partial charge in [0.25, 0.3) is 0 Å². The zero-order valence-electron chi connectivity index (χ0n) is 8.36. The van der Waals surface area contributed by atoms with Crippen LogP contribution in [0.25, 0.3) is 6.08 Å². The molecule has 1 aromatic rings. The van der Waals surface area contributed by atoms with Crippen molar-refractivity contribution in [3.05, 3.63) is 40.5 Å². The van der Waals surface area contributed by atoms with Crippen LogP contribution in [0, 0.1) is 6.92 Å². The molecule has 0 heterocycles. The van der Waals surface area contributed by atoms with Crippen molar-refractivity contribution in [1.29, 1.82) is 0 Å². The predicted octanol–water partition coefficient (Wildman–Crippen LogP) is 1.81. The highest BCUT2D eigenvalue weighted by Crippen LogP contribution is 2.32. The molecule has 2 heteroatoms. The second-order valence-electron chi connectivity index (χ2n) is 3.91. The molecule has 0 fully saturated rings. The van der Waals surface area contributed by atoms with Gasteiger partial charge in [0.2, 0.25) is 0 Å². The van der Waals surface area contributed by atoms with Gasteiger partial charge in [0, 0.05) is 0 Å². The zero-order valence-corrected chi connectivity index (χ0v) is 8.36. The van der Waals surface area contributed by atoms with Crippen LogP contribution in [-0.2, 0) is 0 Å². The minimum atomic E-state index is -0.783. The summed E-state index contributed by atoms with van der Waals surface area (Å²) in [7, 11) is 0. The summed E-state index contributed by atoms with van der Waals surface area (Å²) in [5, 5.41) is 19.5. The van der Waals surface area contributed by atoms with E-state index < -0.39 is 12.2 Å². The standard InChI is InChI=1S/C12H14O2/c1-7-3-4-9-6-8(2)11(13)12(14)10(9)5-7/h3-6,11-14H,1-2H3/t11-,12+/m0/s1. The maximum absolute atomic E-state index is 9.83. The lowest BCUT2D eigenvalue weighted by Crippen LogP contribution is -2.23. The maximum Gasteiger partial charge on any atom is 0.109 e. The molecule has 74 valence electrons. The van der Waals surface area contributed by atoms with Crippen LogP contribution in [0.3, 0.4) is 0 Å². The number of aryl methyl sites for hydroxylation is 1. The van der Waals surface area contributed by atoms with Crippen molar-refractivity contribution >= 4 is 6.08 Å². The Balaban J connectivity index is 2.58. The van der Waals surface area contributed by atoms with Gasteiger partial charge in [-0.05, 0) is 30.5 Å². The smallest absolute Gasteiger partial charge is 0.109 e. The molecule has 0 saturated heterocycles. The Morgan fingerprint density at radius 1 is 1.07 bits per heavy atom. The molecule has 14 heavy (non-hydrogen) atoms. The van der Waals surface area contributed by atoms with Gasteiger partial charge >= 0.3 is 0 Å². The van der Waals surface area contributed by atoms with Crippen LogP contribution >= 0.6 is 0 Å². The van der Waals surface area contributed by atoms with Gasteiger partial charge in [0.05, 0.1) is 0 Å². The Bertz CT molecular complexity index is 393. The molecular weight excluding hydrogens is 176 g/mol. The molecule has 1 aliphatic carbocycles. The van der Waals surface area contributed by atoms with Crippen molar-refractivity contribution in [1.82, 2.24) is 0 Å². The van der Waals surface area contributed by atoms with E-state index in [1.807, 2.05) is 38.1 Å². The van der Waals surface area contributed by atoms with Gasteiger partial charge in [-0.3, -0.25) is 0 Å².